The topological polar surface area (TPSA) is 26.0 Å². The van der Waals surface area contributed by atoms with Gasteiger partial charge in [-0.05, 0) is 36.6 Å². The van der Waals surface area contributed by atoms with Gasteiger partial charge in [0.2, 0.25) is 0 Å². The highest BCUT2D eigenvalue weighted by Crippen LogP contribution is 2.21. The molecule has 2 rings (SSSR count). The molecule has 20 heavy (non-hydrogen) atoms. The van der Waals surface area contributed by atoms with E-state index in [0.29, 0.717) is 12.3 Å². The summed E-state index contributed by atoms with van der Waals surface area (Å²) < 4.78 is 13.8. The van der Waals surface area contributed by atoms with E-state index < -0.39 is 0 Å². The van der Waals surface area contributed by atoms with Gasteiger partial charge in [-0.25, -0.2) is 4.39 Å². The zero-order valence-electron chi connectivity index (χ0n) is 11.9. The van der Waals surface area contributed by atoms with Crippen LogP contribution in [0, 0.1) is 19.7 Å². The molecule has 0 aliphatic rings. The highest BCUT2D eigenvalue weighted by Gasteiger charge is 2.04. The van der Waals surface area contributed by atoms with Gasteiger partial charge in [0.25, 0.3) is 0 Å². The second-order valence-corrected chi connectivity index (χ2v) is 6.10. The molecule has 0 aliphatic carbocycles. The summed E-state index contributed by atoms with van der Waals surface area (Å²) in [7, 11) is 0. The van der Waals surface area contributed by atoms with Crippen molar-refractivity contribution in [1.82, 2.24) is 0 Å². The molecule has 106 valence electrons. The summed E-state index contributed by atoms with van der Waals surface area (Å²) in [5.41, 5.74) is 10.9. The normalized spacial score (nSPS) is 10.8. The third kappa shape index (κ3) is 4.09. The Balaban J connectivity index is 1.95. The number of halogens is 1. The lowest BCUT2D eigenvalue weighted by atomic mass is 10.1. The van der Waals surface area contributed by atoms with Crippen LogP contribution in [0.15, 0.2) is 36.4 Å². The van der Waals surface area contributed by atoms with Crippen molar-refractivity contribution in [3.05, 3.63) is 70.0 Å². The summed E-state index contributed by atoms with van der Waals surface area (Å²) in [6.07, 6.45) is 0. The third-order valence-electron chi connectivity index (χ3n) is 3.16. The fraction of sp³-hybridized carbons (Fsp3) is 0.294. The minimum absolute atomic E-state index is 0.152. The number of aryl methyl sites for hydroxylation is 2. The lowest BCUT2D eigenvalue weighted by molar-refractivity contribution is 0.615. The van der Waals surface area contributed by atoms with E-state index in [1.165, 1.54) is 22.8 Å². The van der Waals surface area contributed by atoms with Crippen molar-refractivity contribution in [2.75, 3.05) is 0 Å². The van der Waals surface area contributed by atoms with Crippen LogP contribution in [0.1, 0.15) is 27.8 Å². The fourth-order valence-corrected chi connectivity index (χ4v) is 3.22. The zero-order chi connectivity index (χ0) is 14.5. The van der Waals surface area contributed by atoms with Crippen LogP contribution in [0.4, 0.5) is 4.39 Å². The standard InChI is InChI=1S/C17H20FNS/c1-12-5-13(2)7-15(6-12)10-20-11-16-4-3-14(9-19)8-17(16)18/h3-8H,9-11,19H2,1-2H3. The van der Waals surface area contributed by atoms with Gasteiger partial charge in [0.1, 0.15) is 5.82 Å². The van der Waals surface area contributed by atoms with Crippen LogP contribution in [0.3, 0.4) is 0 Å². The van der Waals surface area contributed by atoms with E-state index in [4.69, 9.17) is 5.73 Å². The summed E-state index contributed by atoms with van der Waals surface area (Å²) in [5, 5.41) is 0. The summed E-state index contributed by atoms with van der Waals surface area (Å²) >= 11 is 1.73. The van der Waals surface area contributed by atoms with Crippen molar-refractivity contribution >= 4 is 11.8 Å². The monoisotopic (exact) mass is 289 g/mol. The maximum Gasteiger partial charge on any atom is 0.127 e. The molecule has 1 nitrogen and oxygen atoms in total. The molecule has 0 fully saturated rings. The number of hydrogen-bond acceptors (Lipinski definition) is 2. The molecule has 2 aromatic carbocycles. The summed E-state index contributed by atoms with van der Waals surface area (Å²) in [4.78, 5) is 0. The minimum Gasteiger partial charge on any atom is -0.326 e. The first-order chi connectivity index (χ1) is 9.58. The van der Waals surface area contributed by atoms with Crippen molar-refractivity contribution in [3.8, 4) is 0 Å². The molecule has 0 heterocycles. The molecule has 0 unspecified atom stereocenters. The lowest BCUT2D eigenvalue weighted by Gasteiger charge is -2.07. The number of nitrogens with two attached hydrogens (primary N) is 1. The molecule has 0 saturated carbocycles. The van der Waals surface area contributed by atoms with Gasteiger partial charge in [-0.3, -0.25) is 0 Å². The summed E-state index contributed by atoms with van der Waals surface area (Å²) in [6, 6.07) is 11.8. The van der Waals surface area contributed by atoms with E-state index in [2.05, 4.69) is 32.0 Å². The van der Waals surface area contributed by atoms with Crippen molar-refractivity contribution in [1.29, 1.82) is 0 Å². The summed E-state index contributed by atoms with van der Waals surface area (Å²) in [6.45, 7) is 4.59. The van der Waals surface area contributed by atoms with Crippen molar-refractivity contribution in [2.24, 2.45) is 5.73 Å². The maximum absolute atomic E-state index is 13.8. The van der Waals surface area contributed by atoms with E-state index in [-0.39, 0.29) is 5.82 Å². The van der Waals surface area contributed by atoms with Gasteiger partial charge in [0.15, 0.2) is 0 Å². The van der Waals surface area contributed by atoms with Crippen LogP contribution in [-0.4, -0.2) is 0 Å². The Bertz CT molecular complexity index is 575. The Hall–Kier alpha value is -1.32. The molecule has 0 spiro atoms. The zero-order valence-corrected chi connectivity index (χ0v) is 12.8. The van der Waals surface area contributed by atoms with Gasteiger partial charge in [-0.1, -0.05) is 41.5 Å². The highest BCUT2D eigenvalue weighted by molar-refractivity contribution is 7.97. The van der Waals surface area contributed by atoms with Crippen LogP contribution >= 0.6 is 11.8 Å². The van der Waals surface area contributed by atoms with Gasteiger partial charge in [0, 0.05) is 18.1 Å². The molecule has 3 heteroatoms. The number of benzene rings is 2. The Labute approximate surface area is 124 Å². The fourth-order valence-electron chi connectivity index (χ4n) is 2.27. The molecule has 0 saturated heterocycles. The van der Waals surface area contributed by atoms with Crippen molar-refractivity contribution in [3.63, 3.8) is 0 Å². The average molecular weight is 289 g/mol. The molecule has 0 amide bonds. The molecule has 0 aromatic heterocycles. The Kier molecular flexibility index (Phi) is 5.21. The lowest BCUT2D eigenvalue weighted by Crippen LogP contribution is -1.98. The summed E-state index contributed by atoms with van der Waals surface area (Å²) in [5.74, 6) is 1.44. The predicted molar refractivity (Wildman–Crippen MR) is 85.2 cm³/mol. The Morgan fingerprint density at radius 3 is 2.25 bits per heavy atom. The molecule has 0 aliphatic heterocycles. The predicted octanol–water partition coefficient (Wildman–Crippen LogP) is 4.33. The molecular formula is C17H20FNS. The minimum atomic E-state index is -0.152. The number of thioether (sulfide) groups is 1. The Morgan fingerprint density at radius 2 is 1.65 bits per heavy atom. The van der Waals surface area contributed by atoms with Crippen LogP contribution in [-0.2, 0) is 18.1 Å². The van der Waals surface area contributed by atoms with E-state index in [1.807, 2.05) is 12.1 Å². The molecule has 0 radical (unpaired) electrons. The first kappa shape index (κ1) is 15.1. The van der Waals surface area contributed by atoms with Gasteiger partial charge in [-0.15, -0.1) is 0 Å². The average Bonchev–Trinajstić information content (AvgIpc) is 2.39. The van der Waals surface area contributed by atoms with Gasteiger partial charge in [0.05, 0.1) is 0 Å². The molecule has 0 bridgehead atoms. The van der Waals surface area contributed by atoms with Crippen molar-refractivity contribution in [2.45, 2.75) is 31.9 Å². The molecule has 2 N–H and O–H groups in total. The van der Waals surface area contributed by atoms with E-state index in [0.717, 1.165) is 16.9 Å². The van der Waals surface area contributed by atoms with Gasteiger partial charge >= 0.3 is 0 Å². The van der Waals surface area contributed by atoms with Crippen LogP contribution in [0.5, 0.6) is 0 Å². The largest absolute Gasteiger partial charge is 0.326 e. The maximum atomic E-state index is 13.8. The second kappa shape index (κ2) is 6.91. The smallest absolute Gasteiger partial charge is 0.127 e. The Morgan fingerprint density at radius 1 is 0.950 bits per heavy atom. The first-order valence-electron chi connectivity index (χ1n) is 6.71. The first-order valence-corrected chi connectivity index (χ1v) is 7.86. The third-order valence-corrected chi connectivity index (χ3v) is 4.21. The van der Waals surface area contributed by atoms with E-state index in [1.54, 1.807) is 11.8 Å². The van der Waals surface area contributed by atoms with E-state index in [9.17, 15) is 4.39 Å². The van der Waals surface area contributed by atoms with Crippen LogP contribution in [0.25, 0.3) is 0 Å². The highest BCUT2D eigenvalue weighted by atomic mass is 32.2. The van der Waals surface area contributed by atoms with Crippen molar-refractivity contribution < 1.29 is 4.39 Å². The molecule has 0 atom stereocenters. The second-order valence-electron chi connectivity index (χ2n) is 5.12. The number of hydrogen-bond donors (Lipinski definition) is 1. The van der Waals surface area contributed by atoms with Gasteiger partial charge < -0.3 is 5.73 Å². The molecule has 2 aromatic rings. The molecular weight excluding hydrogens is 269 g/mol. The van der Waals surface area contributed by atoms with Crippen LogP contribution in [0.2, 0.25) is 0 Å². The van der Waals surface area contributed by atoms with E-state index >= 15 is 0 Å². The van der Waals surface area contributed by atoms with Gasteiger partial charge in [-0.2, -0.15) is 11.8 Å². The van der Waals surface area contributed by atoms with Crippen LogP contribution < -0.4 is 5.73 Å². The quantitative estimate of drug-likeness (QED) is 0.886. The SMILES string of the molecule is Cc1cc(C)cc(CSCc2ccc(CN)cc2F)c1. The number of rotatable bonds is 5.